The molecule has 0 radical (unpaired) electrons. The second-order valence-corrected chi connectivity index (χ2v) is 4.80. The van der Waals surface area contributed by atoms with Gasteiger partial charge in [0.1, 0.15) is 11.6 Å². The Labute approximate surface area is 122 Å². The first kappa shape index (κ1) is 15.0. The highest BCUT2D eigenvalue weighted by molar-refractivity contribution is 5.94. The third-order valence-electron chi connectivity index (χ3n) is 3.16. The van der Waals surface area contributed by atoms with Crippen LogP contribution in [0.1, 0.15) is 22.0 Å². The van der Waals surface area contributed by atoms with Crippen LogP contribution in [0.25, 0.3) is 0 Å². The second-order valence-electron chi connectivity index (χ2n) is 4.80. The van der Waals surface area contributed by atoms with E-state index in [0.717, 1.165) is 0 Å². The van der Waals surface area contributed by atoms with Crippen LogP contribution in [0.5, 0.6) is 5.75 Å². The summed E-state index contributed by atoms with van der Waals surface area (Å²) in [7, 11) is 1.56. The summed E-state index contributed by atoms with van der Waals surface area (Å²) in [4.78, 5) is 13.5. The first-order chi connectivity index (χ1) is 9.97. The topological polar surface area (TPSA) is 60.8 Å². The van der Waals surface area contributed by atoms with Gasteiger partial charge in [-0.25, -0.2) is 4.39 Å². The van der Waals surface area contributed by atoms with E-state index >= 15 is 0 Å². The molecule has 0 spiro atoms. The maximum atomic E-state index is 12.8. The van der Waals surface area contributed by atoms with Gasteiger partial charge < -0.3 is 15.1 Å². The summed E-state index contributed by atoms with van der Waals surface area (Å²) in [5.41, 5.74) is 0.961. The molecule has 0 aliphatic carbocycles. The normalized spacial score (nSPS) is 12.0. The molecule has 0 bridgehead atoms. The van der Waals surface area contributed by atoms with Crippen molar-refractivity contribution in [1.82, 2.24) is 4.90 Å². The Morgan fingerprint density at radius 2 is 1.71 bits per heavy atom. The Morgan fingerprint density at radius 3 is 2.29 bits per heavy atom. The number of halogens is 1. The number of rotatable bonds is 4. The molecule has 110 valence electrons. The average molecular weight is 289 g/mol. The zero-order chi connectivity index (χ0) is 15.4. The zero-order valence-electron chi connectivity index (χ0n) is 11.5. The fourth-order valence-electron chi connectivity index (χ4n) is 1.96. The molecule has 2 rings (SSSR count). The van der Waals surface area contributed by atoms with E-state index in [1.807, 2.05) is 0 Å². The van der Waals surface area contributed by atoms with Gasteiger partial charge in [-0.2, -0.15) is 0 Å². The SMILES string of the molecule is CN(CC(O)c1ccc(O)cc1)C(=O)c1ccc(F)cc1. The lowest BCUT2D eigenvalue weighted by atomic mass is 10.1. The number of carbonyl (C=O) groups excluding carboxylic acids is 1. The van der Waals surface area contributed by atoms with Gasteiger partial charge in [-0.15, -0.1) is 0 Å². The van der Waals surface area contributed by atoms with Crippen LogP contribution in [-0.4, -0.2) is 34.6 Å². The molecule has 5 heteroatoms. The van der Waals surface area contributed by atoms with Crippen molar-refractivity contribution in [2.24, 2.45) is 0 Å². The molecular weight excluding hydrogens is 273 g/mol. The number of nitrogens with zero attached hydrogens (tertiary/aromatic N) is 1. The van der Waals surface area contributed by atoms with Crippen LogP contribution < -0.4 is 0 Å². The maximum absolute atomic E-state index is 12.8. The minimum absolute atomic E-state index is 0.0982. The number of amides is 1. The van der Waals surface area contributed by atoms with Crippen molar-refractivity contribution in [2.45, 2.75) is 6.10 Å². The van der Waals surface area contributed by atoms with E-state index in [1.165, 1.54) is 41.3 Å². The first-order valence-electron chi connectivity index (χ1n) is 6.45. The molecule has 4 nitrogen and oxygen atoms in total. The molecule has 0 aromatic heterocycles. The number of likely N-dealkylation sites (N-methyl/N-ethyl adjacent to an activating group) is 1. The van der Waals surface area contributed by atoms with Crippen molar-refractivity contribution in [3.63, 3.8) is 0 Å². The molecule has 0 fully saturated rings. The van der Waals surface area contributed by atoms with Crippen LogP contribution in [0.4, 0.5) is 4.39 Å². The predicted octanol–water partition coefficient (Wildman–Crippen LogP) is 2.34. The third-order valence-corrected chi connectivity index (χ3v) is 3.16. The Balaban J connectivity index is 2.03. The number of carbonyl (C=O) groups is 1. The van der Waals surface area contributed by atoms with E-state index in [0.29, 0.717) is 11.1 Å². The molecule has 0 saturated carbocycles. The largest absolute Gasteiger partial charge is 0.508 e. The molecule has 21 heavy (non-hydrogen) atoms. The lowest BCUT2D eigenvalue weighted by Gasteiger charge is -2.21. The number of aromatic hydroxyl groups is 1. The highest BCUT2D eigenvalue weighted by Gasteiger charge is 2.16. The molecule has 2 N–H and O–H groups in total. The molecule has 0 heterocycles. The van der Waals surface area contributed by atoms with Crippen molar-refractivity contribution in [2.75, 3.05) is 13.6 Å². The Kier molecular flexibility index (Phi) is 4.55. The van der Waals surface area contributed by atoms with Crippen LogP contribution in [0.3, 0.4) is 0 Å². The van der Waals surface area contributed by atoms with Gasteiger partial charge in [0.25, 0.3) is 5.91 Å². The number of hydrogen-bond donors (Lipinski definition) is 2. The van der Waals surface area contributed by atoms with Crippen molar-refractivity contribution in [3.8, 4) is 5.75 Å². The summed E-state index contributed by atoms with van der Waals surface area (Å²) >= 11 is 0. The van der Waals surface area contributed by atoms with E-state index < -0.39 is 11.9 Å². The molecule has 1 amide bonds. The number of phenols is 1. The highest BCUT2D eigenvalue weighted by atomic mass is 19.1. The van der Waals surface area contributed by atoms with E-state index in [-0.39, 0.29) is 18.2 Å². The van der Waals surface area contributed by atoms with Gasteiger partial charge in [0.05, 0.1) is 12.6 Å². The van der Waals surface area contributed by atoms with Crippen molar-refractivity contribution in [1.29, 1.82) is 0 Å². The van der Waals surface area contributed by atoms with Crippen LogP contribution in [0.15, 0.2) is 48.5 Å². The minimum Gasteiger partial charge on any atom is -0.508 e. The predicted molar refractivity (Wildman–Crippen MR) is 76.4 cm³/mol. The molecule has 0 aliphatic rings. The second kappa shape index (κ2) is 6.37. The summed E-state index contributed by atoms with van der Waals surface area (Å²) < 4.78 is 12.8. The maximum Gasteiger partial charge on any atom is 0.253 e. The van der Waals surface area contributed by atoms with Gasteiger partial charge in [-0.05, 0) is 42.0 Å². The zero-order valence-corrected chi connectivity index (χ0v) is 11.5. The van der Waals surface area contributed by atoms with Crippen molar-refractivity contribution in [3.05, 3.63) is 65.5 Å². The van der Waals surface area contributed by atoms with Gasteiger partial charge in [-0.1, -0.05) is 12.1 Å². The average Bonchev–Trinajstić information content (AvgIpc) is 2.47. The van der Waals surface area contributed by atoms with E-state index in [9.17, 15) is 19.4 Å². The Bertz CT molecular complexity index is 610. The summed E-state index contributed by atoms with van der Waals surface area (Å²) in [5.74, 6) is -0.590. The standard InChI is InChI=1S/C16H16FNO3/c1-18(16(21)12-2-6-13(17)7-3-12)10-15(20)11-4-8-14(19)9-5-11/h2-9,15,19-20H,10H2,1H3. The summed E-state index contributed by atoms with van der Waals surface area (Å²) in [5, 5.41) is 19.3. The minimum atomic E-state index is -0.861. The molecule has 0 aliphatic heterocycles. The van der Waals surface area contributed by atoms with E-state index in [2.05, 4.69) is 0 Å². The molecule has 1 unspecified atom stereocenters. The monoisotopic (exact) mass is 289 g/mol. The number of benzene rings is 2. The summed E-state index contributed by atoms with van der Waals surface area (Å²) in [6.07, 6.45) is -0.861. The van der Waals surface area contributed by atoms with Crippen LogP contribution in [-0.2, 0) is 0 Å². The first-order valence-corrected chi connectivity index (χ1v) is 6.45. The number of aliphatic hydroxyl groups excluding tert-OH is 1. The van der Waals surface area contributed by atoms with Gasteiger partial charge >= 0.3 is 0 Å². The molecule has 1 atom stereocenters. The number of aliphatic hydroxyl groups is 1. The van der Waals surface area contributed by atoms with Crippen molar-refractivity contribution >= 4 is 5.91 Å². The fourth-order valence-corrected chi connectivity index (χ4v) is 1.96. The van der Waals surface area contributed by atoms with E-state index in [4.69, 9.17) is 0 Å². The van der Waals surface area contributed by atoms with Gasteiger partial charge in [0.15, 0.2) is 0 Å². The quantitative estimate of drug-likeness (QED) is 0.908. The van der Waals surface area contributed by atoms with Crippen LogP contribution in [0, 0.1) is 5.82 Å². The Morgan fingerprint density at radius 1 is 1.14 bits per heavy atom. The molecular formula is C16H16FNO3. The Hall–Kier alpha value is -2.40. The van der Waals surface area contributed by atoms with Gasteiger partial charge in [0, 0.05) is 12.6 Å². The smallest absolute Gasteiger partial charge is 0.253 e. The molecule has 0 saturated heterocycles. The fraction of sp³-hybridized carbons (Fsp3) is 0.188. The summed E-state index contributed by atoms with van der Waals surface area (Å²) in [6.45, 7) is 0.0982. The molecule has 2 aromatic rings. The summed E-state index contributed by atoms with van der Waals surface area (Å²) in [6, 6.07) is 11.4. The van der Waals surface area contributed by atoms with Crippen LogP contribution in [0.2, 0.25) is 0 Å². The lowest BCUT2D eigenvalue weighted by Crippen LogP contribution is -2.31. The van der Waals surface area contributed by atoms with Crippen molar-refractivity contribution < 1.29 is 19.4 Å². The molecule has 2 aromatic carbocycles. The lowest BCUT2D eigenvalue weighted by molar-refractivity contribution is 0.0681. The van der Waals surface area contributed by atoms with Gasteiger partial charge in [0.2, 0.25) is 0 Å². The van der Waals surface area contributed by atoms with Gasteiger partial charge in [-0.3, -0.25) is 4.79 Å². The number of hydrogen-bond acceptors (Lipinski definition) is 3. The van der Waals surface area contributed by atoms with E-state index in [1.54, 1.807) is 19.2 Å². The third kappa shape index (κ3) is 3.79. The van der Waals surface area contributed by atoms with Crippen LogP contribution >= 0.6 is 0 Å². The number of phenolic OH excluding ortho intramolecular Hbond substituents is 1. The highest BCUT2D eigenvalue weighted by Crippen LogP contribution is 2.18.